The van der Waals surface area contributed by atoms with Gasteiger partial charge in [0.1, 0.15) is 0 Å². The summed E-state index contributed by atoms with van der Waals surface area (Å²) in [7, 11) is 0. The second kappa shape index (κ2) is 9.04. The minimum Gasteiger partial charge on any atom is -0.0988 e. The summed E-state index contributed by atoms with van der Waals surface area (Å²) in [5, 5.41) is 0. The minimum atomic E-state index is 1.14. The summed E-state index contributed by atoms with van der Waals surface area (Å²) in [5.74, 6) is 0. The maximum atomic E-state index is 3.99. The number of allylic oxidation sites excluding steroid dienone is 6. The predicted molar refractivity (Wildman–Crippen MR) is 98.4 cm³/mol. The van der Waals surface area contributed by atoms with Crippen LogP contribution < -0.4 is 0 Å². The van der Waals surface area contributed by atoms with Gasteiger partial charge in [-0.3, -0.25) is 0 Å². The molecule has 19 heavy (non-hydrogen) atoms. The van der Waals surface area contributed by atoms with Crippen LogP contribution in [0.3, 0.4) is 0 Å². The zero-order valence-corrected chi connectivity index (χ0v) is 15.9. The summed E-state index contributed by atoms with van der Waals surface area (Å²) < 4.78 is 1.35. The fraction of sp³-hybridized carbons (Fsp3) is 0.500. The fourth-order valence-corrected chi connectivity index (χ4v) is 4.17. The van der Waals surface area contributed by atoms with Gasteiger partial charge in [0.05, 0.1) is 0 Å². The van der Waals surface area contributed by atoms with Crippen LogP contribution in [-0.2, 0) is 0 Å². The lowest BCUT2D eigenvalue weighted by Gasteiger charge is -2.12. The highest BCUT2D eigenvalue weighted by Crippen LogP contribution is 2.43. The van der Waals surface area contributed by atoms with Crippen molar-refractivity contribution >= 4 is 35.3 Å². The molecule has 0 spiro atoms. The molecule has 0 N–H and O–H groups in total. The zero-order chi connectivity index (χ0) is 15.2. The van der Waals surface area contributed by atoms with E-state index in [0.717, 1.165) is 4.91 Å². The molecule has 0 saturated carbocycles. The number of hydrogen-bond acceptors (Lipinski definition) is 3. The SMILES string of the molecule is C=C(C)SC(S/C(C)=C(/C)SC(C)=C(C)C)=C(C)C. The number of thioether (sulfide) groups is 3. The van der Waals surface area contributed by atoms with E-state index >= 15 is 0 Å². The molecule has 0 aromatic rings. The van der Waals surface area contributed by atoms with Crippen LogP contribution in [0.25, 0.3) is 0 Å². The molecule has 0 unspecified atom stereocenters. The van der Waals surface area contributed by atoms with Crippen LogP contribution in [0.1, 0.15) is 55.4 Å². The summed E-state index contributed by atoms with van der Waals surface area (Å²) in [5.41, 5.74) is 2.75. The molecule has 0 nitrogen and oxygen atoms in total. The maximum absolute atomic E-state index is 3.99. The summed E-state index contributed by atoms with van der Waals surface area (Å²) in [6.07, 6.45) is 0. The highest BCUT2D eigenvalue weighted by molar-refractivity contribution is 8.25. The van der Waals surface area contributed by atoms with Gasteiger partial charge in [0, 0.05) is 4.24 Å². The smallest absolute Gasteiger partial charge is 0.0478 e. The third-order valence-corrected chi connectivity index (χ3v) is 6.53. The van der Waals surface area contributed by atoms with Gasteiger partial charge in [0.25, 0.3) is 0 Å². The highest BCUT2D eigenvalue weighted by atomic mass is 32.2. The molecular weight excluding hydrogens is 288 g/mol. The zero-order valence-electron chi connectivity index (χ0n) is 13.4. The topological polar surface area (TPSA) is 0 Å². The fourth-order valence-electron chi connectivity index (χ4n) is 0.998. The highest BCUT2D eigenvalue weighted by Gasteiger charge is 2.07. The first kappa shape index (κ1) is 19.0. The minimum absolute atomic E-state index is 1.14. The lowest BCUT2D eigenvalue weighted by Crippen LogP contribution is -1.81. The summed E-state index contributed by atoms with van der Waals surface area (Å²) in [6.45, 7) is 21.3. The molecule has 0 aromatic heterocycles. The molecule has 0 fully saturated rings. The number of hydrogen-bond donors (Lipinski definition) is 0. The Kier molecular flexibility index (Phi) is 9.04. The van der Waals surface area contributed by atoms with E-state index in [2.05, 4.69) is 62.0 Å². The van der Waals surface area contributed by atoms with E-state index in [9.17, 15) is 0 Å². The first-order valence-electron chi connectivity index (χ1n) is 6.33. The molecule has 0 amide bonds. The standard InChI is InChI=1S/C16H26S3/c1-10(2)13(7)18-14(8)15(9)19-16(11(3)4)17-12(5)6/h5H2,1-4,6-9H3/b15-14-. The van der Waals surface area contributed by atoms with Crippen molar-refractivity contribution in [2.24, 2.45) is 0 Å². The monoisotopic (exact) mass is 314 g/mol. The summed E-state index contributed by atoms with van der Waals surface area (Å²) >= 11 is 5.50. The predicted octanol–water partition coefficient (Wildman–Crippen LogP) is 7.54. The van der Waals surface area contributed by atoms with Gasteiger partial charge in [-0.2, -0.15) is 0 Å². The van der Waals surface area contributed by atoms with Crippen molar-refractivity contribution in [3.05, 3.63) is 41.6 Å². The Bertz CT molecular complexity index is 429. The molecule has 0 aliphatic rings. The van der Waals surface area contributed by atoms with E-state index in [1.165, 1.54) is 30.1 Å². The first-order chi connectivity index (χ1) is 8.65. The normalized spacial score (nSPS) is 11.8. The van der Waals surface area contributed by atoms with Crippen molar-refractivity contribution in [2.45, 2.75) is 55.4 Å². The molecule has 3 heteroatoms. The third kappa shape index (κ3) is 8.01. The van der Waals surface area contributed by atoms with Crippen molar-refractivity contribution in [3.63, 3.8) is 0 Å². The van der Waals surface area contributed by atoms with Gasteiger partial charge in [-0.05, 0) is 75.0 Å². The van der Waals surface area contributed by atoms with Crippen molar-refractivity contribution in [1.82, 2.24) is 0 Å². The molecule has 0 radical (unpaired) electrons. The summed E-state index contributed by atoms with van der Waals surface area (Å²) in [6, 6.07) is 0. The molecule has 108 valence electrons. The molecule has 0 bridgehead atoms. The van der Waals surface area contributed by atoms with Crippen molar-refractivity contribution in [2.75, 3.05) is 0 Å². The van der Waals surface area contributed by atoms with Crippen LogP contribution in [0.15, 0.2) is 41.6 Å². The van der Waals surface area contributed by atoms with E-state index in [1.807, 2.05) is 23.5 Å². The Hall–Kier alpha value is 0.01000. The van der Waals surface area contributed by atoms with Crippen LogP contribution in [-0.4, -0.2) is 0 Å². The van der Waals surface area contributed by atoms with Gasteiger partial charge in [-0.1, -0.05) is 53.0 Å². The maximum Gasteiger partial charge on any atom is 0.0478 e. The van der Waals surface area contributed by atoms with E-state index < -0.39 is 0 Å². The average molecular weight is 315 g/mol. The van der Waals surface area contributed by atoms with Gasteiger partial charge >= 0.3 is 0 Å². The van der Waals surface area contributed by atoms with Gasteiger partial charge in [-0.25, -0.2) is 0 Å². The van der Waals surface area contributed by atoms with Crippen LogP contribution in [0.4, 0.5) is 0 Å². The van der Waals surface area contributed by atoms with E-state index in [1.54, 1.807) is 11.8 Å². The molecule has 0 aliphatic carbocycles. The van der Waals surface area contributed by atoms with E-state index in [4.69, 9.17) is 0 Å². The van der Waals surface area contributed by atoms with Crippen molar-refractivity contribution < 1.29 is 0 Å². The molecule has 0 aromatic carbocycles. The average Bonchev–Trinajstić information content (AvgIpc) is 2.26. The van der Waals surface area contributed by atoms with Crippen LogP contribution in [0, 0.1) is 0 Å². The lowest BCUT2D eigenvalue weighted by atomic mass is 10.3. The Balaban J connectivity index is 5.00. The molecule has 0 rings (SSSR count). The molecule has 0 atom stereocenters. The first-order valence-corrected chi connectivity index (χ1v) is 8.78. The molecule has 0 aliphatic heterocycles. The molecule has 0 heterocycles. The number of rotatable bonds is 6. The quantitative estimate of drug-likeness (QED) is 0.497. The lowest BCUT2D eigenvalue weighted by molar-refractivity contribution is 1.34. The van der Waals surface area contributed by atoms with Crippen molar-refractivity contribution in [3.8, 4) is 0 Å². The van der Waals surface area contributed by atoms with Crippen LogP contribution in [0.5, 0.6) is 0 Å². The van der Waals surface area contributed by atoms with E-state index in [0.29, 0.717) is 0 Å². The Morgan fingerprint density at radius 3 is 1.42 bits per heavy atom. The third-order valence-electron chi connectivity index (χ3n) is 2.43. The Morgan fingerprint density at radius 1 is 0.579 bits per heavy atom. The van der Waals surface area contributed by atoms with Gasteiger partial charge < -0.3 is 0 Å². The largest absolute Gasteiger partial charge is 0.0988 e. The molecule has 0 saturated heterocycles. The second-order valence-electron chi connectivity index (χ2n) is 4.96. The van der Waals surface area contributed by atoms with Crippen LogP contribution in [0.2, 0.25) is 0 Å². The summed E-state index contributed by atoms with van der Waals surface area (Å²) in [4.78, 5) is 5.28. The van der Waals surface area contributed by atoms with Gasteiger partial charge in [-0.15, -0.1) is 0 Å². The molecular formula is C16H26S3. The second-order valence-corrected chi connectivity index (χ2v) is 9.19. The Morgan fingerprint density at radius 2 is 1.05 bits per heavy atom. The van der Waals surface area contributed by atoms with Gasteiger partial charge in [0.2, 0.25) is 0 Å². The van der Waals surface area contributed by atoms with E-state index in [-0.39, 0.29) is 0 Å². The van der Waals surface area contributed by atoms with Crippen molar-refractivity contribution in [1.29, 1.82) is 0 Å². The Labute approximate surface area is 132 Å². The van der Waals surface area contributed by atoms with Gasteiger partial charge in [0.15, 0.2) is 0 Å². The van der Waals surface area contributed by atoms with Crippen LogP contribution >= 0.6 is 35.3 Å².